The SMILES string of the molecule is CCCCn1c(=O)c(OC=O)c(OCC=C(C)C)c2ccc(OCc3ccccc3)cc21. The third-order valence-electron chi connectivity index (χ3n) is 5.02. The van der Waals surface area contributed by atoms with Crippen molar-refractivity contribution in [1.82, 2.24) is 4.57 Å². The van der Waals surface area contributed by atoms with Gasteiger partial charge in [0.05, 0.1) is 5.52 Å². The Morgan fingerprint density at radius 2 is 1.81 bits per heavy atom. The van der Waals surface area contributed by atoms with Crippen LogP contribution < -0.4 is 19.8 Å². The molecule has 3 aromatic rings. The van der Waals surface area contributed by atoms with Gasteiger partial charge in [0.15, 0.2) is 5.75 Å². The van der Waals surface area contributed by atoms with Crippen LogP contribution in [-0.4, -0.2) is 17.6 Å². The van der Waals surface area contributed by atoms with Gasteiger partial charge in [-0.2, -0.15) is 0 Å². The van der Waals surface area contributed by atoms with Crippen LogP contribution in [-0.2, 0) is 17.9 Å². The van der Waals surface area contributed by atoms with E-state index in [1.807, 2.05) is 68.5 Å². The molecule has 32 heavy (non-hydrogen) atoms. The monoisotopic (exact) mass is 435 g/mol. The number of rotatable bonds is 11. The molecule has 0 unspecified atom stereocenters. The van der Waals surface area contributed by atoms with Crippen LogP contribution >= 0.6 is 0 Å². The minimum atomic E-state index is -0.398. The Bertz CT molecular complexity index is 1140. The Morgan fingerprint density at radius 1 is 1.03 bits per heavy atom. The van der Waals surface area contributed by atoms with Crippen LogP contribution in [0.1, 0.15) is 39.2 Å². The third-order valence-corrected chi connectivity index (χ3v) is 5.02. The molecule has 0 saturated heterocycles. The summed E-state index contributed by atoms with van der Waals surface area (Å²) in [7, 11) is 0. The van der Waals surface area contributed by atoms with Crippen molar-refractivity contribution in [3.63, 3.8) is 0 Å². The van der Waals surface area contributed by atoms with Crippen molar-refractivity contribution in [1.29, 1.82) is 0 Å². The van der Waals surface area contributed by atoms with Crippen LogP contribution in [0.2, 0.25) is 0 Å². The Kier molecular flexibility index (Phi) is 8.08. The molecule has 0 amide bonds. The lowest BCUT2D eigenvalue weighted by Crippen LogP contribution is -2.23. The fraction of sp³-hybridized carbons (Fsp3) is 0.308. The maximum atomic E-state index is 13.2. The van der Waals surface area contributed by atoms with Crippen LogP contribution in [0.4, 0.5) is 0 Å². The number of pyridine rings is 1. The number of hydrogen-bond donors (Lipinski definition) is 0. The maximum Gasteiger partial charge on any atom is 0.298 e. The zero-order chi connectivity index (χ0) is 22.9. The van der Waals surface area contributed by atoms with Crippen LogP contribution in [0.25, 0.3) is 10.9 Å². The molecule has 3 rings (SSSR count). The van der Waals surface area contributed by atoms with Crippen LogP contribution in [0.5, 0.6) is 17.2 Å². The van der Waals surface area contributed by atoms with Crippen LogP contribution in [0.15, 0.2) is 65.0 Å². The summed E-state index contributed by atoms with van der Waals surface area (Å²) < 4.78 is 18.6. The zero-order valence-electron chi connectivity index (χ0n) is 18.8. The maximum absolute atomic E-state index is 13.2. The number of aromatic nitrogens is 1. The Morgan fingerprint density at radius 3 is 2.50 bits per heavy atom. The van der Waals surface area contributed by atoms with E-state index in [2.05, 4.69) is 6.92 Å². The zero-order valence-corrected chi connectivity index (χ0v) is 18.8. The lowest BCUT2D eigenvalue weighted by molar-refractivity contribution is -0.120. The topological polar surface area (TPSA) is 66.8 Å². The third kappa shape index (κ3) is 5.58. The quantitative estimate of drug-likeness (QED) is 0.304. The van der Waals surface area contributed by atoms with Gasteiger partial charge in [-0.3, -0.25) is 9.59 Å². The summed E-state index contributed by atoms with van der Waals surface area (Å²) in [5.74, 6) is 0.811. The lowest BCUT2D eigenvalue weighted by atomic mass is 10.1. The molecule has 0 N–H and O–H groups in total. The predicted octanol–water partition coefficient (Wildman–Crippen LogP) is 5.26. The minimum absolute atomic E-state index is 0.0938. The fourth-order valence-electron chi connectivity index (χ4n) is 3.33. The molecule has 0 saturated carbocycles. The van der Waals surface area contributed by atoms with Crippen molar-refractivity contribution in [2.24, 2.45) is 0 Å². The highest BCUT2D eigenvalue weighted by Gasteiger charge is 2.20. The van der Waals surface area contributed by atoms with Crippen molar-refractivity contribution in [2.45, 2.75) is 46.8 Å². The second-order valence-corrected chi connectivity index (χ2v) is 7.73. The number of carbonyl (C=O) groups is 1. The Hall–Kier alpha value is -3.54. The summed E-state index contributed by atoms with van der Waals surface area (Å²) in [6, 6.07) is 15.4. The van der Waals surface area contributed by atoms with Crippen molar-refractivity contribution in [3.05, 3.63) is 76.1 Å². The molecule has 0 atom stereocenters. The molecule has 0 aliphatic rings. The smallest absolute Gasteiger partial charge is 0.298 e. The summed E-state index contributed by atoms with van der Waals surface area (Å²) >= 11 is 0. The standard InChI is InChI=1S/C26H29NO5/c1-4-5-14-27-23-16-21(31-17-20-9-7-6-8-10-20)11-12-22(23)24(30-15-13-19(2)3)25(26(27)29)32-18-28/h6-13,16,18H,4-5,14-15,17H2,1-3H3. The molecular formula is C26H29NO5. The molecule has 2 aromatic carbocycles. The van der Waals surface area contributed by atoms with E-state index in [9.17, 15) is 9.59 Å². The number of fused-ring (bicyclic) bond motifs is 1. The molecule has 0 fully saturated rings. The van der Waals surface area contributed by atoms with Crippen molar-refractivity contribution in [3.8, 4) is 17.2 Å². The van der Waals surface area contributed by atoms with E-state index in [1.54, 1.807) is 4.57 Å². The summed E-state index contributed by atoms with van der Waals surface area (Å²) in [4.78, 5) is 24.4. The van der Waals surface area contributed by atoms with E-state index in [0.29, 0.717) is 29.8 Å². The number of benzene rings is 2. The molecule has 0 aliphatic heterocycles. The van der Waals surface area contributed by atoms with E-state index in [1.165, 1.54) is 0 Å². The van der Waals surface area contributed by atoms with E-state index in [0.717, 1.165) is 24.0 Å². The highest BCUT2D eigenvalue weighted by molar-refractivity contribution is 5.89. The molecule has 1 heterocycles. The molecule has 0 radical (unpaired) electrons. The van der Waals surface area contributed by atoms with Gasteiger partial charge in [0.25, 0.3) is 12.0 Å². The van der Waals surface area contributed by atoms with Gasteiger partial charge in [-0.1, -0.05) is 49.2 Å². The van der Waals surface area contributed by atoms with Gasteiger partial charge in [0.1, 0.15) is 19.0 Å². The summed E-state index contributed by atoms with van der Waals surface area (Å²) in [6.07, 6.45) is 3.62. The molecular weight excluding hydrogens is 406 g/mol. The van der Waals surface area contributed by atoms with Crippen LogP contribution in [0.3, 0.4) is 0 Å². The second kappa shape index (κ2) is 11.2. The second-order valence-electron chi connectivity index (χ2n) is 7.73. The molecule has 0 bridgehead atoms. The number of ether oxygens (including phenoxy) is 3. The first-order chi connectivity index (χ1) is 15.5. The number of nitrogens with zero attached hydrogens (tertiary/aromatic N) is 1. The molecule has 6 heteroatoms. The van der Waals surface area contributed by atoms with Gasteiger partial charge >= 0.3 is 0 Å². The fourth-order valence-corrected chi connectivity index (χ4v) is 3.33. The molecule has 168 valence electrons. The van der Waals surface area contributed by atoms with E-state index in [-0.39, 0.29) is 24.6 Å². The van der Waals surface area contributed by atoms with E-state index in [4.69, 9.17) is 14.2 Å². The van der Waals surface area contributed by atoms with Gasteiger partial charge in [-0.25, -0.2) is 0 Å². The highest BCUT2D eigenvalue weighted by Crippen LogP contribution is 2.35. The first-order valence-corrected chi connectivity index (χ1v) is 10.8. The summed E-state index contributed by atoms with van der Waals surface area (Å²) in [6.45, 7) is 7.42. The molecule has 6 nitrogen and oxygen atoms in total. The Labute approximate surface area is 188 Å². The van der Waals surface area contributed by atoms with Gasteiger partial charge in [-0.15, -0.1) is 0 Å². The first-order valence-electron chi connectivity index (χ1n) is 10.8. The average molecular weight is 436 g/mol. The van der Waals surface area contributed by atoms with Gasteiger partial charge in [0, 0.05) is 18.0 Å². The number of allylic oxidation sites excluding steroid dienone is 1. The first kappa shape index (κ1) is 23.1. The van der Waals surface area contributed by atoms with Crippen molar-refractivity contribution >= 4 is 17.4 Å². The predicted molar refractivity (Wildman–Crippen MR) is 126 cm³/mol. The Balaban J connectivity index is 2.08. The minimum Gasteiger partial charge on any atom is -0.489 e. The largest absolute Gasteiger partial charge is 0.489 e. The number of aryl methyl sites for hydroxylation is 1. The molecule has 0 aliphatic carbocycles. The van der Waals surface area contributed by atoms with Gasteiger partial charge in [0.2, 0.25) is 5.75 Å². The summed E-state index contributed by atoms with van der Waals surface area (Å²) in [5.41, 5.74) is 2.42. The normalized spacial score (nSPS) is 10.6. The highest BCUT2D eigenvalue weighted by atomic mass is 16.5. The van der Waals surface area contributed by atoms with E-state index < -0.39 is 5.56 Å². The van der Waals surface area contributed by atoms with Gasteiger partial charge < -0.3 is 18.8 Å². The molecule has 1 aromatic heterocycles. The number of unbranched alkanes of at least 4 members (excludes halogenated alkanes) is 1. The summed E-state index contributed by atoms with van der Waals surface area (Å²) in [5, 5.41) is 0.687. The van der Waals surface area contributed by atoms with Crippen molar-refractivity contribution < 1.29 is 19.0 Å². The van der Waals surface area contributed by atoms with Crippen molar-refractivity contribution in [2.75, 3.05) is 6.61 Å². The average Bonchev–Trinajstić information content (AvgIpc) is 2.80. The van der Waals surface area contributed by atoms with Gasteiger partial charge in [-0.05, 0) is 44.0 Å². The van der Waals surface area contributed by atoms with Crippen LogP contribution in [0, 0.1) is 0 Å². The molecule has 0 spiro atoms. The van der Waals surface area contributed by atoms with E-state index >= 15 is 0 Å². The number of carbonyl (C=O) groups excluding carboxylic acids is 1. The lowest BCUT2D eigenvalue weighted by Gasteiger charge is -2.17. The number of hydrogen-bond acceptors (Lipinski definition) is 5.